The van der Waals surface area contributed by atoms with Crippen molar-refractivity contribution in [2.75, 3.05) is 7.05 Å². The number of likely N-dealkylation sites (N-methyl/N-ethyl adjacent to an activating group) is 1. The minimum atomic E-state index is -0.936. The number of nitrogens with one attached hydrogen (secondary N) is 3. The molecule has 0 aromatic rings. The summed E-state index contributed by atoms with van der Waals surface area (Å²) in [5.74, 6) is -0.109. The van der Waals surface area contributed by atoms with Gasteiger partial charge in [0, 0.05) is 12.0 Å². The summed E-state index contributed by atoms with van der Waals surface area (Å²) in [5, 5.41) is 8.04. The van der Waals surface area contributed by atoms with E-state index < -0.39 is 17.0 Å². The number of hydrogen-bond acceptors (Lipinski definition) is 4. The van der Waals surface area contributed by atoms with Crippen molar-refractivity contribution in [1.29, 1.82) is 0 Å². The fourth-order valence-electron chi connectivity index (χ4n) is 2.31. The molecule has 6 heteroatoms. The molecule has 0 aliphatic rings. The van der Waals surface area contributed by atoms with Crippen LogP contribution in [0.5, 0.6) is 0 Å². The third kappa shape index (κ3) is 6.71. The van der Waals surface area contributed by atoms with Crippen molar-refractivity contribution < 1.29 is 14.4 Å². The maximum absolute atomic E-state index is 12.0. The predicted molar refractivity (Wildman–Crippen MR) is 82.6 cm³/mol. The molecule has 0 aliphatic heterocycles. The van der Waals surface area contributed by atoms with Gasteiger partial charge in [-0.2, -0.15) is 0 Å². The van der Waals surface area contributed by atoms with Crippen LogP contribution in [0.15, 0.2) is 0 Å². The first-order valence-corrected chi connectivity index (χ1v) is 7.34. The fraction of sp³-hybridized carbons (Fsp3) is 0.800. The monoisotopic (exact) mass is 299 g/mol. The number of carbonyl (C=O) groups is 3. The molecule has 6 nitrogen and oxygen atoms in total. The molecule has 0 bridgehead atoms. The smallest absolute Gasteiger partial charge is 0.246 e. The third-order valence-corrected chi connectivity index (χ3v) is 3.75. The van der Waals surface area contributed by atoms with E-state index in [1.54, 1.807) is 14.0 Å². The minimum Gasteiger partial charge on any atom is -0.351 e. The second kappa shape index (κ2) is 8.12. The van der Waals surface area contributed by atoms with Gasteiger partial charge in [-0.25, -0.2) is 0 Å². The molecule has 2 atom stereocenters. The molecule has 0 rings (SSSR count). The van der Waals surface area contributed by atoms with Crippen LogP contribution in [0, 0.1) is 5.92 Å². The Labute approximate surface area is 127 Å². The van der Waals surface area contributed by atoms with E-state index in [-0.39, 0.29) is 5.91 Å². The van der Waals surface area contributed by atoms with Gasteiger partial charge in [-0.3, -0.25) is 19.7 Å². The normalized spacial score (nSPS) is 15.7. The average molecular weight is 299 g/mol. The molecular formula is C15H29N3O3. The molecule has 3 N–H and O–H groups in total. The first-order chi connectivity index (χ1) is 9.60. The van der Waals surface area contributed by atoms with Gasteiger partial charge in [0.25, 0.3) is 0 Å². The highest BCUT2D eigenvalue weighted by Gasteiger charge is 2.38. The van der Waals surface area contributed by atoms with Crippen molar-refractivity contribution in [3.05, 3.63) is 0 Å². The molecule has 122 valence electrons. The molecule has 0 saturated heterocycles. The van der Waals surface area contributed by atoms with Gasteiger partial charge in [0.1, 0.15) is 0 Å². The van der Waals surface area contributed by atoms with E-state index in [1.165, 1.54) is 0 Å². The first kappa shape index (κ1) is 19.6. The highest BCUT2D eigenvalue weighted by atomic mass is 16.2. The molecule has 0 aromatic heterocycles. The zero-order valence-corrected chi connectivity index (χ0v) is 14.0. The Morgan fingerprint density at radius 3 is 2.24 bits per heavy atom. The Morgan fingerprint density at radius 2 is 1.81 bits per heavy atom. The lowest BCUT2D eigenvalue weighted by molar-refractivity contribution is -0.132. The fourth-order valence-corrected chi connectivity index (χ4v) is 2.31. The number of carbonyl (C=O) groups excluding carboxylic acids is 3. The van der Waals surface area contributed by atoms with Gasteiger partial charge in [0.2, 0.25) is 18.2 Å². The lowest BCUT2D eigenvalue weighted by Gasteiger charge is -2.36. The van der Waals surface area contributed by atoms with Gasteiger partial charge in [0.05, 0.1) is 5.54 Å². The van der Waals surface area contributed by atoms with E-state index in [2.05, 4.69) is 16.0 Å². The minimum absolute atomic E-state index is 0.0244. The van der Waals surface area contributed by atoms with Crippen molar-refractivity contribution in [1.82, 2.24) is 16.0 Å². The number of rotatable bonds is 9. The molecule has 2 unspecified atom stereocenters. The Kier molecular flexibility index (Phi) is 7.57. The lowest BCUT2D eigenvalue weighted by Crippen LogP contribution is -2.59. The summed E-state index contributed by atoms with van der Waals surface area (Å²) in [5.41, 5.74) is -1.50. The summed E-state index contributed by atoms with van der Waals surface area (Å²) in [6.45, 7) is 9.51. The Bertz CT molecular complexity index is 382. The van der Waals surface area contributed by atoms with Crippen LogP contribution >= 0.6 is 0 Å². The lowest BCUT2D eigenvalue weighted by atomic mass is 9.84. The number of hydrogen-bond donors (Lipinski definition) is 3. The second-order valence-electron chi connectivity index (χ2n) is 6.50. The van der Waals surface area contributed by atoms with Gasteiger partial charge in [0.15, 0.2) is 0 Å². The largest absolute Gasteiger partial charge is 0.351 e. The van der Waals surface area contributed by atoms with Crippen molar-refractivity contribution in [3.63, 3.8) is 0 Å². The van der Waals surface area contributed by atoms with Gasteiger partial charge in [-0.15, -0.1) is 0 Å². The molecule has 0 heterocycles. The SMILES string of the molecule is CCC(C)CC(=O)NC(C)(C)CC(C)(NC)C(=O)NC=O. The Morgan fingerprint density at radius 1 is 1.24 bits per heavy atom. The molecule has 3 amide bonds. The summed E-state index contributed by atoms with van der Waals surface area (Å²) < 4.78 is 0. The van der Waals surface area contributed by atoms with Crippen LogP contribution in [0.1, 0.15) is 53.9 Å². The van der Waals surface area contributed by atoms with E-state index in [9.17, 15) is 14.4 Å². The quantitative estimate of drug-likeness (QED) is 0.553. The second-order valence-corrected chi connectivity index (χ2v) is 6.50. The highest BCUT2D eigenvalue weighted by Crippen LogP contribution is 2.21. The zero-order chi connectivity index (χ0) is 16.7. The molecule has 0 saturated carbocycles. The van der Waals surface area contributed by atoms with Crippen molar-refractivity contribution in [3.8, 4) is 0 Å². The van der Waals surface area contributed by atoms with Gasteiger partial charge in [-0.05, 0) is 40.2 Å². The van der Waals surface area contributed by atoms with E-state index in [0.29, 0.717) is 25.2 Å². The summed E-state index contributed by atoms with van der Waals surface area (Å²) in [6, 6.07) is 0. The summed E-state index contributed by atoms with van der Waals surface area (Å²) in [4.78, 5) is 34.4. The van der Waals surface area contributed by atoms with Crippen molar-refractivity contribution >= 4 is 18.2 Å². The number of amides is 3. The molecule has 0 fully saturated rings. The highest BCUT2D eigenvalue weighted by molar-refractivity contribution is 5.93. The first-order valence-electron chi connectivity index (χ1n) is 7.34. The van der Waals surface area contributed by atoms with Crippen LogP contribution in [0.4, 0.5) is 0 Å². The average Bonchev–Trinajstić information content (AvgIpc) is 2.37. The van der Waals surface area contributed by atoms with Crippen LogP contribution in [-0.4, -0.2) is 36.3 Å². The maximum Gasteiger partial charge on any atom is 0.246 e. The predicted octanol–water partition coefficient (Wildman–Crippen LogP) is 0.958. The van der Waals surface area contributed by atoms with Gasteiger partial charge >= 0.3 is 0 Å². The van der Waals surface area contributed by atoms with Gasteiger partial charge in [-0.1, -0.05) is 20.3 Å². The molecule has 0 aromatic carbocycles. The molecular weight excluding hydrogens is 270 g/mol. The van der Waals surface area contributed by atoms with Gasteiger partial charge < -0.3 is 10.6 Å². The molecule has 0 aliphatic carbocycles. The van der Waals surface area contributed by atoms with Crippen molar-refractivity contribution in [2.24, 2.45) is 5.92 Å². The summed E-state index contributed by atoms with van der Waals surface area (Å²) >= 11 is 0. The maximum atomic E-state index is 12.0. The van der Waals surface area contributed by atoms with Crippen LogP contribution in [0.2, 0.25) is 0 Å². The molecule has 0 radical (unpaired) electrons. The standard InChI is InChI=1S/C15H29N3O3/c1-7-11(2)8-12(20)18-14(3,4)9-15(5,16-6)13(21)17-10-19/h10-11,16H,7-9H2,1-6H3,(H,18,20)(H,17,19,21). The van der Waals surface area contributed by atoms with Crippen LogP contribution in [-0.2, 0) is 14.4 Å². The summed E-state index contributed by atoms with van der Waals surface area (Å²) in [6.07, 6.45) is 2.15. The van der Waals surface area contributed by atoms with Crippen LogP contribution < -0.4 is 16.0 Å². The molecule has 21 heavy (non-hydrogen) atoms. The zero-order valence-electron chi connectivity index (χ0n) is 14.0. The van der Waals surface area contributed by atoms with Crippen LogP contribution in [0.3, 0.4) is 0 Å². The third-order valence-electron chi connectivity index (χ3n) is 3.75. The molecule has 0 spiro atoms. The Hall–Kier alpha value is -1.43. The van der Waals surface area contributed by atoms with E-state index >= 15 is 0 Å². The van der Waals surface area contributed by atoms with E-state index in [1.807, 2.05) is 27.7 Å². The van der Waals surface area contributed by atoms with Crippen LogP contribution in [0.25, 0.3) is 0 Å². The Balaban J connectivity index is 4.79. The number of imide groups is 1. The van der Waals surface area contributed by atoms with E-state index in [0.717, 1.165) is 6.42 Å². The topological polar surface area (TPSA) is 87.3 Å². The van der Waals surface area contributed by atoms with E-state index in [4.69, 9.17) is 0 Å². The summed E-state index contributed by atoms with van der Waals surface area (Å²) in [7, 11) is 1.65. The van der Waals surface area contributed by atoms with Crippen molar-refractivity contribution in [2.45, 2.75) is 65.0 Å².